The molecule has 0 spiro atoms. The molecular weight excluding hydrogens is 254 g/mol. The molecule has 2 atom stereocenters. The fraction of sp³-hybridized carbons (Fsp3) is 0.467. The minimum Gasteiger partial charge on any atom is -0.366 e. The highest BCUT2D eigenvalue weighted by Gasteiger charge is 2.38. The second-order valence-corrected chi connectivity index (χ2v) is 5.54. The Kier molecular flexibility index (Phi) is 3.44. The molecule has 0 radical (unpaired) electrons. The number of hydrogen-bond donors (Lipinski definition) is 2. The van der Waals surface area contributed by atoms with Crippen LogP contribution in [-0.4, -0.2) is 41.9 Å². The highest BCUT2D eigenvalue weighted by Crippen LogP contribution is 2.29. The van der Waals surface area contributed by atoms with Gasteiger partial charge in [-0.3, -0.25) is 9.59 Å². The van der Waals surface area contributed by atoms with E-state index < -0.39 is 5.91 Å². The zero-order valence-electron chi connectivity index (χ0n) is 11.3. The summed E-state index contributed by atoms with van der Waals surface area (Å²) in [6.07, 6.45) is 3.13. The Morgan fingerprint density at radius 2 is 1.90 bits per heavy atom. The summed E-state index contributed by atoms with van der Waals surface area (Å²) in [5, 5.41) is 3.38. The van der Waals surface area contributed by atoms with Gasteiger partial charge in [0.2, 0.25) is 5.91 Å². The first-order valence-corrected chi connectivity index (χ1v) is 7.10. The fourth-order valence-corrected chi connectivity index (χ4v) is 3.27. The smallest absolute Gasteiger partial charge is 0.254 e. The molecule has 1 aromatic rings. The van der Waals surface area contributed by atoms with E-state index in [9.17, 15) is 9.59 Å². The summed E-state index contributed by atoms with van der Waals surface area (Å²) in [6, 6.07) is 7.30. The molecule has 3 rings (SSSR count). The number of nitrogens with two attached hydrogens (primary N) is 1. The van der Waals surface area contributed by atoms with Crippen molar-refractivity contribution in [2.45, 2.75) is 31.3 Å². The van der Waals surface area contributed by atoms with Crippen molar-refractivity contribution in [1.29, 1.82) is 0 Å². The molecule has 0 saturated carbocycles. The molecule has 2 heterocycles. The van der Waals surface area contributed by atoms with Crippen LogP contribution in [0.2, 0.25) is 0 Å². The lowest BCUT2D eigenvalue weighted by molar-refractivity contribution is 0.0680. The van der Waals surface area contributed by atoms with E-state index in [1.165, 1.54) is 0 Å². The van der Waals surface area contributed by atoms with E-state index in [1.54, 1.807) is 24.3 Å². The maximum atomic E-state index is 12.7. The van der Waals surface area contributed by atoms with E-state index in [4.69, 9.17) is 5.73 Å². The molecule has 2 aliphatic heterocycles. The van der Waals surface area contributed by atoms with Gasteiger partial charge in [-0.2, -0.15) is 0 Å². The average Bonchev–Trinajstić information content (AvgIpc) is 2.71. The molecule has 106 valence electrons. The normalized spacial score (nSPS) is 25.3. The Bertz CT molecular complexity index is 530. The van der Waals surface area contributed by atoms with Crippen molar-refractivity contribution in [3.8, 4) is 0 Å². The van der Waals surface area contributed by atoms with Crippen molar-refractivity contribution in [2.75, 3.05) is 13.1 Å². The average molecular weight is 273 g/mol. The topological polar surface area (TPSA) is 75.4 Å². The fourth-order valence-electron chi connectivity index (χ4n) is 3.27. The van der Waals surface area contributed by atoms with Crippen LogP contribution in [0.3, 0.4) is 0 Å². The summed E-state index contributed by atoms with van der Waals surface area (Å²) in [5.41, 5.74) is 6.22. The number of carbonyl (C=O) groups excluding carboxylic acids is 2. The Labute approximate surface area is 118 Å². The van der Waals surface area contributed by atoms with E-state index in [2.05, 4.69) is 5.32 Å². The molecule has 1 aromatic carbocycles. The molecule has 3 N–H and O–H groups in total. The van der Waals surface area contributed by atoms with Gasteiger partial charge in [-0.15, -0.1) is 0 Å². The molecule has 20 heavy (non-hydrogen) atoms. The molecule has 2 aliphatic rings. The largest absolute Gasteiger partial charge is 0.366 e. The monoisotopic (exact) mass is 273 g/mol. The van der Waals surface area contributed by atoms with Gasteiger partial charge in [-0.25, -0.2) is 0 Å². The number of benzene rings is 1. The third-order valence-corrected chi connectivity index (χ3v) is 4.28. The highest BCUT2D eigenvalue weighted by molar-refractivity contribution is 5.99. The Morgan fingerprint density at radius 1 is 1.15 bits per heavy atom. The number of carbonyl (C=O) groups is 2. The quantitative estimate of drug-likeness (QED) is 0.835. The first-order valence-electron chi connectivity index (χ1n) is 7.10. The van der Waals surface area contributed by atoms with Gasteiger partial charge >= 0.3 is 0 Å². The third-order valence-electron chi connectivity index (χ3n) is 4.28. The van der Waals surface area contributed by atoms with Crippen LogP contribution >= 0.6 is 0 Å². The van der Waals surface area contributed by atoms with Crippen molar-refractivity contribution >= 4 is 11.8 Å². The van der Waals surface area contributed by atoms with Gasteiger partial charge in [0.15, 0.2) is 0 Å². The van der Waals surface area contributed by atoms with E-state index >= 15 is 0 Å². The standard InChI is InChI=1S/C15H19N3O2/c16-14(19)10-2-1-3-11(8-10)15(20)18-12-4-5-13(18)9-17-7-6-12/h1-3,8,12-13,17H,4-7,9H2,(H2,16,19). The lowest BCUT2D eigenvalue weighted by Gasteiger charge is -2.28. The molecule has 2 fully saturated rings. The van der Waals surface area contributed by atoms with Gasteiger partial charge in [0.05, 0.1) is 0 Å². The van der Waals surface area contributed by atoms with Gasteiger partial charge in [-0.05, 0) is 44.0 Å². The van der Waals surface area contributed by atoms with Crippen LogP contribution in [0.5, 0.6) is 0 Å². The number of amides is 2. The van der Waals surface area contributed by atoms with Crippen LogP contribution in [0.25, 0.3) is 0 Å². The molecule has 0 aromatic heterocycles. The van der Waals surface area contributed by atoms with Crippen LogP contribution in [0.15, 0.2) is 24.3 Å². The first kappa shape index (κ1) is 13.1. The maximum Gasteiger partial charge on any atom is 0.254 e. The Balaban J connectivity index is 1.88. The molecule has 0 aliphatic carbocycles. The maximum absolute atomic E-state index is 12.7. The predicted octanol–water partition coefficient (Wildman–Crippen LogP) is 0.752. The lowest BCUT2D eigenvalue weighted by Crippen LogP contribution is -2.42. The van der Waals surface area contributed by atoms with Crippen LogP contribution in [0.1, 0.15) is 40.0 Å². The lowest BCUT2D eigenvalue weighted by atomic mass is 10.1. The number of nitrogens with one attached hydrogen (secondary N) is 1. The number of rotatable bonds is 2. The number of primary amides is 1. The van der Waals surface area contributed by atoms with Gasteiger partial charge in [0.25, 0.3) is 5.91 Å². The zero-order valence-corrected chi connectivity index (χ0v) is 11.3. The number of hydrogen-bond acceptors (Lipinski definition) is 3. The van der Waals surface area contributed by atoms with E-state index in [0.717, 1.165) is 32.4 Å². The highest BCUT2D eigenvalue weighted by atomic mass is 16.2. The van der Waals surface area contributed by atoms with Crippen LogP contribution in [0.4, 0.5) is 0 Å². The number of fused-ring (bicyclic) bond motifs is 2. The predicted molar refractivity (Wildman–Crippen MR) is 75.4 cm³/mol. The van der Waals surface area contributed by atoms with Gasteiger partial charge < -0.3 is 16.0 Å². The van der Waals surface area contributed by atoms with Crippen molar-refractivity contribution in [3.63, 3.8) is 0 Å². The molecular formula is C15H19N3O2. The Morgan fingerprint density at radius 3 is 2.70 bits per heavy atom. The van der Waals surface area contributed by atoms with E-state index in [0.29, 0.717) is 17.2 Å². The molecule has 5 heteroatoms. The third kappa shape index (κ3) is 2.29. The molecule has 5 nitrogen and oxygen atoms in total. The van der Waals surface area contributed by atoms with Gasteiger partial charge in [0, 0.05) is 29.8 Å². The molecule has 2 bridgehead atoms. The number of nitrogens with zero attached hydrogens (tertiary/aromatic N) is 1. The first-order chi connectivity index (χ1) is 9.66. The second kappa shape index (κ2) is 5.25. The summed E-state index contributed by atoms with van der Waals surface area (Å²) < 4.78 is 0. The SMILES string of the molecule is NC(=O)c1cccc(C(=O)N2C3CCNCC2CC3)c1. The summed E-state index contributed by atoms with van der Waals surface area (Å²) in [7, 11) is 0. The summed E-state index contributed by atoms with van der Waals surface area (Å²) in [5.74, 6) is -0.482. The zero-order chi connectivity index (χ0) is 14.1. The van der Waals surface area contributed by atoms with Crippen LogP contribution in [0, 0.1) is 0 Å². The van der Waals surface area contributed by atoms with Crippen molar-refractivity contribution < 1.29 is 9.59 Å². The van der Waals surface area contributed by atoms with Gasteiger partial charge in [-0.1, -0.05) is 6.07 Å². The van der Waals surface area contributed by atoms with E-state index in [1.807, 2.05) is 4.90 Å². The molecule has 2 saturated heterocycles. The van der Waals surface area contributed by atoms with E-state index in [-0.39, 0.29) is 11.9 Å². The van der Waals surface area contributed by atoms with Crippen LogP contribution < -0.4 is 11.1 Å². The van der Waals surface area contributed by atoms with Gasteiger partial charge in [0.1, 0.15) is 0 Å². The molecule has 2 amide bonds. The second-order valence-electron chi connectivity index (χ2n) is 5.54. The van der Waals surface area contributed by atoms with Crippen molar-refractivity contribution in [1.82, 2.24) is 10.2 Å². The van der Waals surface area contributed by atoms with Crippen molar-refractivity contribution in [2.24, 2.45) is 5.73 Å². The van der Waals surface area contributed by atoms with Crippen molar-refractivity contribution in [3.05, 3.63) is 35.4 Å². The minimum atomic E-state index is -0.500. The summed E-state index contributed by atoms with van der Waals surface area (Å²) >= 11 is 0. The molecule has 2 unspecified atom stereocenters. The summed E-state index contributed by atoms with van der Waals surface area (Å²) in [6.45, 7) is 1.82. The summed E-state index contributed by atoms with van der Waals surface area (Å²) in [4.78, 5) is 26.0. The Hall–Kier alpha value is -1.88. The van der Waals surface area contributed by atoms with Crippen LogP contribution in [-0.2, 0) is 0 Å². The minimum absolute atomic E-state index is 0.0179.